The van der Waals surface area contributed by atoms with Gasteiger partial charge in [-0.3, -0.25) is 9.59 Å². The van der Waals surface area contributed by atoms with Gasteiger partial charge in [0, 0.05) is 42.9 Å². The van der Waals surface area contributed by atoms with E-state index in [4.69, 9.17) is 10.00 Å². The van der Waals surface area contributed by atoms with E-state index in [1.807, 2.05) is 24.3 Å². The first-order valence-corrected chi connectivity index (χ1v) is 11.6. The number of rotatable bonds is 7. The fourth-order valence-electron chi connectivity index (χ4n) is 3.72. The minimum atomic E-state index is -0.350. The molecule has 0 N–H and O–H groups in total. The number of thioether (sulfide) groups is 1. The Morgan fingerprint density at radius 2 is 1.94 bits per heavy atom. The average Bonchev–Trinajstić information content (AvgIpc) is 3.35. The monoisotopic (exact) mass is 461 g/mol. The minimum absolute atomic E-state index is 0.225. The van der Waals surface area contributed by atoms with Crippen LogP contribution >= 0.6 is 11.8 Å². The highest BCUT2D eigenvalue weighted by atomic mass is 32.2. The van der Waals surface area contributed by atoms with Crippen molar-refractivity contribution in [3.8, 4) is 11.8 Å². The van der Waals surface area contributed by atoms with Gasteiger partial charge < -0.3 is 4.74 Å². The number of unbranched alkanes of at least 4 members (excludes halogenated alkanes) is 1. The van der Waals surface area contributed by atoms with Crippen molar-refractivity contribution in [1.29, 1.82) is 5.26 Å². The Balaban J connectivity index is 1.59. The van der Waals surface area contributed by atoms with Crippen molar-refractivity contribution in [2.75, 3.05) is 26.0 Å². The van der Waals surface area contributed by atoms with E-state index in [0.717, 1.165) is 11.8 Å². The Hall–Kier alpha value is -3.64. The molecule has 1 saturated heterocycles. The number of pyridine rings is 2. The zero-order chi connectivity index (χ0) is 23.2. The molecule has 8 nitrogen and oxygen atoms in total. The molecule has 2 amide bonds. The minimum Gasteiger partial charge on any atom is -0.496 e. The van der Waals surface area contributed by atoms with Gasteiger partial charge in [-0.1, -0.05) is 12.1 Å². The van der Waals surface area contributed by atoms with Gasteiger partial charge >= 0.3 is 0 Å². The number of carbonyl (C=O) groups excluding carboxylic acids is 2. The van der Waals surface area contributed by atoms with Crippen LogP contribution in [0.15, 0.2) is 53.7 Å². The van der Waals surface area contributed by atoms with Gasteiger partial charge in [-0.25, -0.2) is 20.0 Å². The second-order valence-corrected chi connectivity index (χ2v) is 8.49. The van der Waals surface area contributed by atoms with Crippen LogP contribution in [-0.4, -0.2) is 57.8 Å². The summed E-state index contributed by atoms with van der Waals surface area (Å²) in [6, 6.07) is 14.6. The number of fused-ring (bicyclic) bond motifs is 1. The van der Waals surface area contributed by atoms with Crippen molar-refractivity contribution in [3.63, 3.8) is 0 Å². The number of hydrogen-bond donors (Lipinski definition) is 0. The van der Waals surface area contributed by atoms with Crippen molar-refractivity contribution < 1.29 is 14.3 Å². The van der Waals surface area contributed by atoms with E-state index in [9.17, 15) is 9.59 Å². The SMILES string of the molecule is COc1cc(C(=O)N2CCCN2C(=O)c2cccnc2SCCCC#N)nc2ccccc12. The molecule has 3 aromatic rings. The number of aromatic nitrogens is 2. The number of amides is 2. The zero-order valence-corrected chi connectivity index (χ0v) is 19.0. The van der Waals surface area contributed by atoms with Crippen molar-refractivity contribution in [3.05, 3.63) is 59.9 Å². The van der Waals surface area contributed by atoms with Crippen LogP contribution in [0.5, 0.6) is 5.75 Å². The topological polar surface area (TPSA) is 99.4 Å². The maximum absolute atomic E-state index is 13.4. The highest BCUT2D eigenvalue weighted by Gasteiger charge is 2.34. The molecule has 3 heterocycles. The molecular formula is C24H23N5O3S. The molecule has 0 saturated carbocycles. The average molecular weight is 462 g/mol. The number of methoxy groups -OCH3 is 1. The number of hydrogen-bond acceptors (Lipinski definition) is 7. The predicted octanol–water partition coefficient (Wildman–Crippen LogP) is 3.94. The third-order valence-electron chi connectivity index (χ3n) is 5.29. The number of benzene rings is 1. The van der Waals surface area contributed by atoms with Crippen LogP contribution in [0.1, 0.15) is 40.1 Å². The van der Waals surface area contributed by atoms with Gasteiger partial charge in [-0.2, -0.15) is 5.26 Å². The van der Waals surface area contributed by atoms with Gasteiger partial charge in [-0.15, -0.1) is 11.8 Å². The van der Waals surface area contributed by atoms with E-state index < -0.39 is 0 Å². The Morgan fingerprint density at radius 3 is 2.73 bits per heavy atom. The van der Waals surface area contributed by atoms with Crippen LogP contribution in [0.25, 0.3) is 10.9 Å². The van der Waals surface area contributed by atoms with Crippen molar-refractivity contribution >= 4 is 34.5 Å². The van der Waals surface area contributed by atoms with Gasteiger partial charge in [-0.05, 0) is 37.1 Å². The molecule has 0 radical (unpaired) electrons. The van der Waals surface area contributed by atoms with Crippen molar-refractivity contribution in [1.82, 2.24) is 20.0 Å². The standard InChI is InChI=1S/C24H23N5O3S/c1-32-21-16-20(27-19-10-3-2-8-17(19)21)24(31)29-14-7-13-28(29)23(30)18-9-6-12-26-22(18)33-15-5-4-11-25/h2-3,6,8-10,12,16H,4-5,7,13-15H2,1H3. The summed E-state index contributed by atoms with van der Waals surface area (Å²) in [5, 5.41) is 13.1. The summed E-state index contributed by atoms with van der Waals surface area (Å²) in [5.74, 6) is 0.625. The van der Waals surface area contributed by atoms with Crippen molar-refractivity contribution in [2.24, 2.45) is 0 Å². The molecular weight excluding hydrogens is 438 g/mol. The highest BCUT2D eigenvalue weighted by molar-refractivity contribution is 7.99. The number of para-hydroxylation sites is 1. The third-order valence-corrected chi connectivity index (χ3v) is 6.38. The molecule has 1 fully saturated rings. The Morgan fingerprint density at radius 1 is 1.15 bits per heavy atom. The Kier molecular flexibility index (Phi) is 7.05. The molecule has 33 heavy (non-hydrogen) atoms. The molecule has 2 aromatic heterocycles. The fourth-order valence-corrected chi connectivity index (χ4v) is 4.64. The first kappa shape index (κ1) is 22.6. The quantitative estimate of drug-likeness (QED) is 0.388. The zero-order valence-electron chi connectivity index (χ0n) is 18.2. The van der Waals surface area contributed by atoms with Gasteiger partial charge in [0.1, 0.15) is 16.5 Å². The van der Waals surface area contributed by atoms with Gasteiger partial charge in [0.15, 0.2) is 0 Å². The van der Waals surface area contributed by atoms with Crippen LogP contribution in [0.2, 0.25) is 0 Å². The van der Waals surface area contributed by atoms with Gasteiger partial charge in [0.05, 0.1) is 24.3 Å². The Labute approximate surface area is 196 Å². The van der Waals surface area contributed by atoms with Crippen LogP contribution in [0.3, 0.4) is 0 Å². The van der Waals surface area contributed by atoms with E-state index in [2.05, 4.69) is 16.0 Å². The number of nitriles is 1. The second-order valence-electron chi connectivity index (χ2n) is 7.40. The van der Waals surface area contributed by atoms with E-state index >= 15 is 0 Å². The van der Waals surface area contributed by atoms with E-state index in [1.54, 1.807) is 31.5 Å². The maximum Gasteiger partial charge on any atom is 0.291 e. The first-order chi connectivity index (χ1) is 16.1. The molecule has 0 spiro atoms. The molecule has 0 bridgehead atoms. The predicted molar refractivity (Wildman–Crippen MR) is 125 cm³/mol. The normalized spacial score (nSPS) is 13.2. The van der Waals surface area contributed by atoms with Gasteiger partial charge in [0.25, 0.3) is 11.8 Å². The van der Waals surface area contributed by atoms with Gasteiger partial charge in [0.2, 0.25) is 0 Å². The molecule has 0 aliphatic carbocycles. The van der Waals surface area contributed by atoms with Crippen LogP contribution in [0.4, 0.5) is 0 Å². The lowest BCUT2D eigenvalue weighted by atomic mass is 10.1. The second kappa shape index (κ2) is 10.3. The molecule has 168 valence electrons. The molecule has 4 rings (SSSR count). The lowest BCUT2D eigenvalue weighted by Crippen LogP contribution is -2.45. The van der Waals surface area contributed by atoms with Crippen LogP contribution in [-0.2, 0) is 0 Å². The summed E-state index contributed by atoms with van der Waals surface area (Å²) in [7, 11) is 1.56. The maximum atomic E-state index is 13.4. The smallest absolute Gasteiger partial charge is 0.291 e. The third kappa shape index (κ3) is 4.76. The molecule has 0 atom stereocenters. The van der Waals surface area contributed by atoms with E-state index in [1.165, 1.54) is 21.8 Å². The summed E-state index contributed by atoms with van der Waals surface area (Å²) in [5.41, 5.74) is 1.33. The summed E-state index contributed by atoms with van der Waals surface area (Å²) in [6.07, 6.45) is 3.49. The summed E-state index contributed by atoms with van der Waals surface area (Å²) >= 11 is 1.44. The number of ether oxygens (including phenoxy) is 1. The molecule has 1 aliphatic heterocycles. The fraction of sp³-hybridized carbons (Fsp3) is 0.292. The van der Waals surface area contributed by atoms with E-state index in [0.29, 0.717) is 53.5 Å². The Bertz CT molecular complexity index is 1230. The van der Waals surface area contributed by atoms with Crippen LogP contribution in [0, 0.1) is 11.3 Å². The number of hydrazine groups is 1. The highest BCUT2D eigenvalue weighted by Crippen LogP contribution is 2.28. The lowest BCUT2D eigenvalue weighted by Gasteiger charge is -2.28. The van der Waals surface area contributed by atoms with Crippen LogP contribution < -0.4 is 4.74 Å². The number of nitrogens with zero attached hydrogens (tertiary/aromatic N) is 5. The van der Waals surface area contributed by atoms with E-state index in [-0.39, 0.29) is 17.5 Å². The summed E-state index contributed by atoms with van der Waals surface area (Å²) in [4.78, 5) is 35.7. The molecule has 9 heteroatoms. The lowest BCUT2D eigenvalue weighted by molar-refractivity contribution is 0.0180. The summed E-state index contributed by atoms with van der Waals surface area (Å²) < 4.78 is 5.47. The molecule has 1 aromatic carbocycles. The molecule has 1 aliphatic rings. The summed E-state index contributed by atoms with van der Waals surface area (Å²) in [6.45, 7) is 0.856. The largest absolute Gasteiger partial charge is 0.496 e. The van der Waals surface area contributed by atoms with Crippen molar-refractivity contribution in [2.45, 2.75) is 24.3 Å². The number of carbonyl (C=O) groups is 2. The first-order valence-electron chi connectivity index (χ1n) is 10.7. The molecule has 0 unspecified atom stereocenters.